The molecule has 0 aliphatic carbocycles. The van der Waals surface area contributed by atoms with Crippen molar-refractivity contribution in [2.24, 2.45) is 5.73 Å². The highest BCUT2D eigenvalue weighted by Gasteiger charge is 2.11. The second-order valence-corrected chi connectivity index (χ2v) is 3.40. The molecular weight excluding hydrogens is 174 g/mol. The number of aliphatic carboxylic acids is 1. The number of rotatable bonds is 3. The molecule has 3 N–H and O–H groups in total. The van der Waals surface area contributed by atoms with Gasteiger partial charge in [-0.25, -0.2) is 4.79 Å². The van der Waals surface area contributed by atoms with Gasteiger partial charge in [0.15, 0.2) is 5.37 Å². The van der Waals surface area contributed by atoms with E-state index in [0.29, 0.717) is 0 Å². The molecule has 0 aliphatic rings. The van der Waals surface area contributed by atoms with Gasteiger partial charge in [-0.2, -0.15) is 0 Å². The predicted octanol–water partition coefficient (Wildman–Crippen LogP) is 1.15. The lowest BCUT2D eigenvalue weighted by atomic mass is 10.4. The molecule has 0 radical (unpaired) electrons. The van der Waals surface area contributed by atoms with Crippen molar-refractivity contribution in [3.63, 3.8) is 0 Å². The fourth-order valence-electron chi connectivity index (χ4n) is 0.696. The van der Waals surface area contributed by atoms with Crippen molar-refractivity contribution in [2.75, 3.05) is 0 Å². The minimum absolute atomic E-state index is 0.868. The van der Waals surface area contributed by atoms with E-state index in [2.05, 4.69) is 0 Å². The Kier molecular flexibility index (Phi) is 3.13. The fourth-order valence-corrected chi connectivity index (χ4v) is 1.40. The first kappa shape index (κ1) is 9.09. The topological polar surface area (TPSA) is 63.3 Å². The van der Waals surface area contributed by atoms with Gasteiger partial charge in [0, 0.05) is 4.90 Å². The van der Waals surface area contributed by atoms with Crippen molar-refractivity contribution in [3.05, 3.63) is 30.3 Å². The maximum absolute atomic E-state index is 10.4. The number of carbonyl (C=O) groups is 1. The van der Waals surface area contributed by atoms with Crippen LogP contribution in [0.3, 0.4) is 0 Å². The van der Waals surface area contributed by atoms with Crippen LogP contribution in [0.4, 0.5) is 0 Å². The zero-order valence-corrected chi connectivity index (χ0v) is 7.12. The first-order chi connectivity index (χ1) is 5.70. The van der Waals surface area contributed by atoms with Gasteiger partial charge >= 0.3 is 5.97 Å². The number of thioether (sulfide) groups is 1. The molecule has 1 aromatic rings. The van der Waals surface area contributed by atoms with Crippen LogP contribution >= 0.6 is 11.8 Å². The Labute approximate surface area is 74.6 Å². The van der Waals surface area contributed by atoms with Crippen molar-refractivity contribution >= 4 is 17.7 Å². The highest BCUT2D eigenvalue weighted by molar-refractivity contribution is 8.00. The molecule has 0 saturated carbocycles. The van der Waals surface area contributed by atoms with Crippen LogP contribution in [0.2, 0.25) is 0 Å². The second-order valence-electron chi connectivity index (χ2n) is 2.19. The molecular formula is C8H9NO2S. The quantitative estimate of drug-likeness (QED) is 0.545. The van der Waals surface area contributed by atoms with Crippen molar-refractivity contribution in [1.82, 2.24) is 0 Å². The van der Waals surface area contributed by atoms with Gasteiger partial charge in [-0.1, -0.05) is 30.0 Å². The summed E-state index contributed by atoms with van der Waals surface area (Å²) in [6.07, 6.45) is 0. The zero-order chi connectivity index (χ0) is 8.97. The molecule has 0 amide bonds. The van der Waals surface area contributed by atoms with E-state index in [4.69, 9.17) is 10.8 Å². The summed E-state index contributed by atoms with van der Waals surface area (Å²) in [4.78, 5) is 11.2. The highest BCUT2D eigenvalue weighted by atomic mass is 32.2. The second kappa shape index (κ2) is 4.13. The van der Waals surface area contributed by atoms with Gasteiger partial charge in [0.1, 0.15) is 0 Å². The first-order valence-electron chi connectivity index (χ1n) is 3.40. The molecule has 1 unspecified atom stereocenters. The minimum atomic E-state index is -0.996. The van der Waals surface area contributed by atoms with Crippen LogP contribution in [-0.4, -0.2) is 16.4 Å². The van der Waals surface area contributed by atoms with Gasteiger partial charge in [0.25, 0.3) is 0 Å². The summed E-state index contributed by atoms with van der Waals surface area (Å²) >= 11 is 1.13. The van der Waals surface area contributed by atoms with Crippen LogP contribution in [0.25, 0.3) is 0 Å². The van der Waals surface area contributed by atoms with Gasteiger partial charge < -0.3 is 10.8 Å². The van der Waals surface area contributed by atoms with E-state index in [1.54, 1.807) is 0 Å². The molecule has 3 nitrogen and oxygen atoms in total. The normalized spacial score (nSPS) is 12.4. The summed E-state index contributed by atoms with van der Waals surface area (Å²) in [5.74, 6) is -0.996. The van der Waals surface area contributed by atoms with Gasteiger partial charge in [-0.05, 0) is 12.1 Å². The van der Waals surface area contributed by atoms with E-state index >= 15 is 0 Å². The Morgan fingerprint density at radius 3 is 2.50 bits per heavy atom. The van der Waals surface area contributed by atoms with Gasteiger partial charge in [0.2, 0.25) is 0 Å². The van der Waals surface area contributed by atoms with E-state index in [1.165, 1.54) is 0 Å². The van der Waals surface area contributed by atoms with Crippen LogP contribution < -0.4 is 5.73 Å². The number of carboxylic acid groups (broad SMARTS) is 1. The molecule has 12 heavy (non-hydrogen) atoms. The van der Waals surface area contributed by atoms with Crippen molar-refractivity contribution in [3.8, 4) is 0 Å². The molecule has 1 aromatic carbocycles. The molecule has 0 saturated heterocycles. The predicted molar refractivity (Wildman–Crippen MR) is 47.9 cm³/mol. The number of nitrogens with two attached hydrogens (primary N) is 1. The number of carboxylic acids is 1. The molecule has 0 spiro atoms. The lowest BCUT2D eigenvalue weighted by Gasteiger charge is -2.04. The van der Waals surface area contributed by atoms with Gasteiger partial charge in [-0.3, -0.25) is 0 Å². The molecule has 64 valence electrons. The molecule has 0 fully saturated rings. The SMILES string of the molecule is NC(Sc1ccccc1)C(=O)O. The first-order valence-corrected chi connectivity index (χ1v) is 4.28. The van der Waals surface area contributed by atoms with E-state index in [9.17, 15) is 4.79 Å². The monoisotopic (exact) mass is 183 g/mol. The van der Waals surface area contributed by atoms with E-state index in [-0.39, 0.29) is 0 Å². The lowest BCUT2D eigenvalue weighted by molar-refractivity contribution is -0.136. The maximum Gasteiger partial charge on any atom is 0.331 e. The van der Waals surface area contributed by atoms with Crippen LogP contribution in [-0.2, 0) is 4.79 Å². The Bertz CT molecular complexity index is 263. The third kappa shape index (κ3) is 2.56. The van der Waals surface area contributed by atoms with E-state index < -0.39 is 11.3 Å². The van der Waals surface area contributed by atoms with Gasteiger partial charge in [-0.15, -0.1) is 0 Å². The third-order valence-electron chi connectivity index (χ3n) is 1.25. The molecule has 0 heterocycles. The molecule has 0 bridgehead atoms. The average molecular weight is 183 g/mol. The minimum Gasteiger partial charge on any atom is -0.479 e. The summed E-state index contributed by atoms with van der Waals surface area (Å²) in [7, 11) is 0. The molecule has 1 atom stereocenters. The van der Waals surface area contributed by atoms with Crippen LogP contribution in [0.1, 0.15) is 0 Å². The number of benzene rings is 1. The van der Waals surface area contributed by atoms with E-state index in [1.807, 2.05) is 30.3 Å². The van der Waals surface area contributed by atoms with Crippen LogP contribution in [0.15, 0.2) is 35.2 Å². The summed E-state index contributed by atoms with van der Waals surface area (Å²) in [5.41, 5.74) is 5.31. The molecule has 0 aliphatic heterocycles. The Balaban J connectivity index is 2.58. The molecule has 4 heteroatoms. The lowest BCUT2D eigenvalue weighted by Crippen LogP contribution is -2.25. The number of hydrogen-bond donors (Lipinski definition) is 2. The van der Waals surface area contributed by atoms with Crippen molar-refractivity contribution in [1.29, 1.82) is 0 Å². The Morgan fingerprint density at radius 2 is 2.00 bits per heavy atom. The van der Waals surface area contributed by atoms with Crippen molar-refractivity contribution < 1.29 is 9.90 Å². The molecule has 1 rings (SSSR count). The highest BCUT2D eigenvalue weighted by Crippen LogP contribution is 2.19. The van der Waals surface area contributed by atoms with E-state index in [0.717, 1.165) is 16.7 Å². The molecule has 0 aromatic heterocycles. The summed E-state index contributed by atoms with van der Waals surface area (Å²) in [6.45, 7) is 0. The standard InChI is InChI=1S/C8H9NO2S/c9-7(8(10)11)12-6-4-2-1-3-5-6/h1-5,7H,9H2,(H,10,11). The third-order valence-corrected chi connectivity index (χ3v) is 2.25. The smallest absolute Gasteiger partial charge is 0.331 e. The zero-order valence-electron chi connectivity index (χ0n) is 6.31. The van der Waals surface area contributed by atoms with Crippen LogP contribution in [0, 0.1) is 0 Å². The Hall–Kier alpha value is -1.00. The average Bonchev–Trinajstić information content (AvgIpc) is 2.06. The largest absolute Gasteiger partial charge is 0.479 e. The summed E-state index contributed by atoms with van der Waals surface area (Å²) in [5, 5.41) is 7.62. The number of hydrogen-bond acceptors (Lipinski definition) is 3. The summed E-state index contributed by atoms with van der Waals surface area (Å²) < 4.78 is 0. The fraction of sp³-hybridized carbons (Fsp3) is 0.125. The maximum atomic E-state index is 10.4. The van der Waals surface area contributed by atoms with Crippen molar-refractivity contribution in [2.45, 2.75) is 10.3 Å². The Morgan fingerprint density at radius 1 is 1.42 bits per heavy atom. The summed E-state index contributed by atoms with van der Waals surface area (Å²) in [6, 6.07) is 9.21. The van der Waals surface area contributed by atoms with Gasteiger partial charge in [0.05, 0.1) is 0 Å². The van der Waals surface area contributed by atoms with Crippen LogP contribution in [0.5, 0.6) is 0 Å².